The van der Waals surface area contributed by atoms with Gasteiger partial charge < -0.3 is 49.0 Å². The van der Waals surface area contributed by atoms with Gasteiger partial charge >= 0.3 is 5.97 Å². The monoisotopic (exact) mass is 539 g/mol. The van der Waals surface area contributed by atoms with Crippen molar-refractivity contribution in [1.29, 1.82) is 0 Å². The van der Waals surface area contributed by atoms with E-state index in [1.807, 2.05) is 0 Å². The SMILES string of the molecule is NCCCCC(N)C(=O)NC(Cc1cnc[nH]1)C(=O)NC(CCCCN)C(=O)NC(CCCCN)C(=O)O. The van der Waals surface area contributed by atoms with Gasteiger partial charge in [-0.25, -0.2) is 9.78 Å². The molecule has 38 heavy (non-hydrogen) atoms. The zero-order chi connectivity index (χ0) is 28.3. The highest BCUT2D eigenvalue weighted by Crippen LogP contribution is 2.08. The summed E-state index contributed by atoms with van der Waals surface area (Å²) in [4.78, 5) is 57.6. The number of nitrogens with one attached hydrogen (secondary N) is 4. The molecule has 0 spiro atoms. The van der Waals surface area contributed by atoms with Crippen LogP contribution in [-0.2, 0) is 25.6 Å². The first-order chi connectivity index (χ1) is 18.2. The molecule has 14 nitrogen and oxygen atoms in total. The summed E-state index contributed by atoms with van der Waals surface area (Å²) in [5, 5.41) is 17.4. The lowest BCUT2D eigenvalue weighted by atomic mass is 10.0. The van der Waals surface area contributed by atoms with E-state index in [0.29, 0.717) is 63.9 Å². The quantitative estimate of drug-likeness (QED) is 0.0792. The van der Waals surface area contributed by atoms with Crippen molar-refractivity contribution in [3.8, 4) is 0 Å². The fourth-order valence-corrected chi connectivity index (χ4v) is 3.80. The Morgan fingerprint density at radius 2 is 1.26 bits per heavy atom. The highest BCUT2D eigenvalue weighted by atomic mass is 16.4. The van der Waals surface area contributed by atoms with Gasteiger partial charge in [-0.3, -0.25) is 14.4 Å². The van der Waals surface area contributed by atoms with Gasteiger partial charge in [0, 0.05) is 18.3 Å². The Morgan fingerprint density at radius 3 is 1.79 bits per heavy atom. The lowest BCUT2D eigenvalue weighted by Gasteiger charge is -2.25. The standard InChI is InChI=1S/C24H45N9O5/c25-10-4-1-7-17(28)21(34)33-20(13-16-14-29-15-30-16)23(36)31-18(8-2-5-11-26)22(35)32-19(24(37)38)9-3-6-12-27/h14-15,17-20H,1-13,25-28H2,(H,29,30)(H,31,36)(H,32,35)(H,33,34)(H,37,38). The maximum Gasteiger partial charge on any atom is 0.326 e. The molecule has 1 aromatic rings. The van der Waals surface area contributed by atoms with Crippen LogP contribution < -0.4 is 38.9 Å². The number of carboxylic acids is 1. The number of amides is 3. The van der Waals surface area contributed by atoms with E-state index in [-0.39, 0.29) is 19.3 Å². The third kappa shape index (κ3) is 12.9. The van der Waals surface area contributed by atoms with Crippen molar-refractivity contribution < 1.29 is 24.3 Å². The fourth-order valence-electron chi connectivity index (χ4n) is 3.80. The number of aliphatic carboxylic acids is 1. The Morgan fingerprint density at radius 1 is 0.763 bits per heavy atom. The van der Waals surface area contributed by atoms with Crippen molar-refractivity contribution in [3.63, 3.8) is 0 Å². The van der Waals surface area contributed by atoms with Gasteiger partial charge in [0.2, 0.25) is 17.7 Å². The van der Waals surface area contributed by atoms with Crippen LogP contribution in [0.2, 0.25) is 0 Å². The Labute approximate surface area is 223 Å². The molecule has 1 heterocycles. The number of aromatic nitrogens is 2. The predicted octanol–water partition coefficient (Wildman–Crippen LogP) is -1.79. The number of carbonyl (C=O) groups is 4. The van der Waals surface area contributed by atoms with Gasteiger partial charge in [-0.15, -0.1) is 0 Å². The minimum Gasteiger partial charge on any atom is -0.480 e. The second kappa shape index (κ2) is 19.1. The largest absolute Gasteiger partial charge is 0.480 e. The van der Waals surface area contributed by atoms with E-state index < -0.39 is 47.9 Å². The van der Waals surface area contributed by atoms with Gasteiger partial charge in [-0.2, -0.15) is 0 Å². The van der Waals surface area contributed by atoms with Gasteiger partial charge in [0.25, 0.3) is 0 Å². The second-order valence-electron chi connectivity index (χ2n) is 9.26. The molecule has 14 heteroatoms. The van der Waals surface area contributed by atoms with E-state index >= 15 is 0 Å². The number of carbonyl (C=O) groups excluding carboxylic acids is 3. The summed E-state index contributed by atoms with van der Waals surface area (Å²) in [6.45, 7) is 1.31. The lowest BCUT2D eigenvalue weighted by molar-refractivity contribution is -0.142. The zero-order valence-electron chi connectivity index (χ0n) is 22.0. The van der Waals surface area contributed by atoms with Crippen molar-refractivity contribution >= 4 is 23.7 Å². The molecule has 0 aliphatic rings. The average molecular weight is 540 g/mol. The van der Waals surface area contributed by atoms with Crippen LogP contribution in [-0.4, -0.2) is 82.6 Å². The van der Waals surface area contributed by atoms with Crippen LogP contribution in [0, 0.1) is 0 Å². The molecular formula is C24H45N9O5. The number of nitrogens with zero attached hydrogens (tertiary/aromatic N) is 1. The molecule has 0 radical (unpaired) electrons. The van der Waals surface area contributed by atoms with Crippen molar-refractivity contribution in [2.24, 2.45) is 22.9 Å². The maximum atomic E-state index is 13.3. The van der Waals surface area contributed by atoms with Crippen LogP contribution in [0.5, 0.6) is 0 Å². The van der Waals surface area contributed by atoms with Gasteiger partial charge in [0.1, 0.15) is 18.1 Å². The van der Waals surface area contributed by atoms with Gasteiger partial charge in [0.15, 0.2) is 0 Å². The highest BCUT2D eigenvalue weighted by Gasteiger charge is 2.30. The zero-order valence-corrected chi connectivity index (χ0v) is 22.0. The number of hydrogen-bond donors (Lipinski definition) is 9. The Balaban J connectivity index is 2.99. The summed E-state index contributed by atoms with van der Waals surface area (Å²) in [6, 6.07) is -4.01. The molecule has 0 saturated carbocycles. The van der Waals surface area contributed by atoms with E-state index in [4.69, 9.17) is 22.9 Å². The van der Waals surface area contributed by atoms with Gasteiger partial charge in [-0.1, -0.05) is 6.42 Å². The molecule has 3 amide bonds. The third-order valence-electron chi connectivity index (χ3n) is 6.06. The number of H-pyrrole nitrogens is 1. The number of aromatic amines is 1. The van der Waals surface area contributed by atoms with Crippen LogP contribution in [0.1, 0.15) is 63.5 Å². The van der Waals surface area contributed by atoms with E-state index in [0.717, 1.165) is 6.42 Å². The number of unbranched alkanes of at least 4 members (excludes halogenated alkanes) is 3. The average Bonchev–Trinajstić information content (AvgIpc) is 3.40. The topological polar surface area (TPSA) is 257 Å². The summed E-state index contributed by atoms with van der Waals surface area (Å²) >= 11 is 0. The molecule has 0 aliphatic heterocycles. The highest BCUT2D eigenvalue weighted by molar-refractivity contribution is 5.94. The summed E-state index contributed by atoms with van der Waals surface area (Å²) < 4.78 is 0. The van der Waals surface area contributed by atoms with E-state index in [2.05, 4.69) is 25.9 Å². The van der Waals surface area contributed by atoms with E-state index in [1.165, 1.54) is 12.5 Å². The smallest absolute Gasteiger partial charge is 0.326 e. The molecule has 216 valence electrons. The van der Waals surface area contributed by atoms with Crippen LogP contribution >= 0.6 is 0 Å². The number of hydrogen-bond acceptors (Lipinski definition) is 9. The number of carboxylic acid groups (broad SMARTS) is 1. The Kier molecular flexibility index (Phi) is 16.5. The minimum atomic E-state index is -1.17. The number of imidazole rings is 1. The second-order valence-corrected chi connectivity index (χ2v) is 9.26. The Bertz CT molecular complexity index is 837. The summed E-state index contributed by atoms with van der Waals surface area (Å²) in [5.41, 5.74) is 23.2. The van der Waals surface area contributed by atoms with Crippen LogP contribution in [0.15, 0.2) is 12.5 Å². The fraction of sp³-hybridized carbons (Fsp3) is 0.708. The van der Waals surface area contributed by atoms with Gasteiger partial charge in [-0.05, 0) is 71.0 Å². The molecule has 0 fully saturated rings. The number of nitrogens with two attached hydrogens (primary N) is 4. The summed E-state index contributed by atoms with van der Waals surface area (Å²) in [5.74, 6) is -2.90. The minimum absolute atomic E-state index is 0.0844. The number of rotatable bonds is 21. The Hall–Kier alpha value is -3.07. The third-order valence-corrected chi connectivity index (χ3v) is 6.06. The van der Waals surface area contributed by atoms with E-state index in [1.54, 1.807) is 0 Å². The van der Waals surface area contributed by atoms with Crippen molar-refractivity contribution in [2.75, 3.05) is 19.6 Å². The molecule has 4 atom stereocenters. The molecule has 0 aliphatic carbocycles. The molecule has 1 rings (SSSR count). The first kappa shape index (κ1) is 33.0. The van der Waals surface area contributed by atoms with Crippen molar-refractivity contribution in [1.82, 2.24) is 25.9 Å². The van der Waals surface area contributed by atoms with E-state index in [9.17, 15) is 24.3 Å². The van der Waals surface area contributed by atoms with Gasteiger partial charge in [0.05, 0.1) is 12.4 Å². The lowest BCUT2D eigenvalue weighted by Crippen LogP contribution is -2.57. The molecule has 0 bridgehead atoms. The molecular weight excluding hydrogens is 494 g/mol. The maximum absolute atomic E-state index is 13.3. The first-order valence-corrected chi connectivity index (χ1v) is 13.2. The molecule has 1 aromatic heterocycles. The van der Waals surface area contributed by atoms with Crippen LogP contribution in [0.3, 0.4) is 0 Å². The van der Waals surface area contributed by atoms with Crippen LogP contribution in [0.25, 0.3) is 0 Å². The molecule has 4 unspecified atom stereocenters. The molecule has 13 N–H and O–H groups in total. The van der Waals surface area contributed by atoms with Crippen LogP contribution in [0.4, 0.5) is 0 Å². The van der Waals surface area contributed by atoms with Crippen molar-refractivity contribution in [3.05, 3.63) is 18.2 Å². The first-order valence-electron chi connectivity index (χ1n) is 13.2. The van der Waals surface area contributed by atoms with Crippen molar-refractivity contribution in [2.45, 2.75) is 88.4 Å². The summed E-state index contributed by atoms with van der Waals surface area (Å²) in [7, 11) is 0. The molecule has 0 saturated heterocycles. The summed E-state index contributed by atoms with van der Waals surface area (Å²) in [6.07, 6.45) is 7.62. The predicted molar refractivity (Wildman–Crippen MR) is 142 cm³/mol. The molecule has 0 aromatic carbocycles. The normalized spacial score (nSPS) is 14.2.